The van der Waals surface area contributed by atoms with E-state index in [0.29, 0.717) is 12.2 Å². The molecule has 0 aromatic heterocycles. The van der Waals surface area contributed by atoms with Crippen LogP contribution in [0.4, 0.5) is 4.79 Å². The molecule has 0 aliphatic carbocycles. The van der Waals surface area contributed by atoms with Crippen molar-refractivity contribution in [3.05, 3.63) is 0 Å². The van der Waals surface area contributed by atoms with Gasteiger partial charge in [0.05, 0.1) is 11.4 Å². The van der Waals surface area contributed by atoms with Gasteiger partial charge in [-0.3, -0.25) is 4.79 Å². The van der Waals surface area contributed by atoms with Crippen LogP contribution < -0.4 is 5.32 Å². The van der Waals surface area contributed by atoms with Crippen molar-refractivity contribution in [3.8, 4) is 6.07 Å². The van der Waals surface area contributed by atoms with Crippen molar-refractivity contribution >= 4 is 23.8 Å². The number of nitrogens with one attached hydrogen (secondary N) is 1. The highest BCUT2D eigenvalue weighted by Gasteiger charge is 2.48. The van der Waals surface area contributed by atoms with Crippen molar-refractivity contribution in [1.29, 1.82) is 5.26 Å². The molecule has 0 spiro atoms. The second-order valence-corrected chi connectivity index (χ2v) is 6.82. The van der Waals surface area contributed by atoms with Crippen LogP contribution in [0.1, 0.15) is 27.2 Å². The molecule has 19 heavy (non-hydrogen) atoms. The molecule has 2 amide bonds. The average molecular weight is 283 g/mol. The van der Waals surface area contributed by atoms with Gasteiger partial charge in [0.2, 0.25) is 5.91 Å². The van der Waals surface area contributed by atoms with E-state index >= 15 is 0 Å². The average Bonchev–Trinajstić information content (AvgIpc) is 2.78. The lowest BCUT2D eigenvalue weighted by Gasteiger charge is -2.22. The Morgan fingerprint density at radius 3 is 2.84 bits per heavy atom. The minimum Gasteiger partial charge on any atom is -0.444 e. The molecule has 0 aromatic rings. The lowest BCUT2D eigenvalue weighted by Crippen LogP contribution is -2.45. The summed E-state index contributed by atoms with van der Waals surface area (Å²) >= 11 is 1.58. The third-order valence-corrected chi connectivity index (χ3v) is 4.23. The van der Waals surface area contributed by atoms with Crippen molar-refractivity contribution in [2.45, 2.75) is 50.3 Å². The van der Waals surface area contributed by atoms with Crippen LogP contribution >= 0.6 is 11.8 Å². The van der Waals surface area contributed by atoms with Gasteiger partial charge < -0.3 is 15.0 Å². The molecule has 2 aliphatic rings. The zero-order valence-corrected chi connectivity index (χ0v) is 12.0. The van der Waals surface area contributed by atoms with Crippen LogP contribution in [0.2, 0.25) is 0 Å². The Kier molecular flexibility index (Phi) is 3.63. The minimum absolute atomic E-state index is 0.00270. The Morgan fingerprint density at radius 2 is 2.26 bits per heavy atom. The molecule has 2 aliphatic heterocycles. The summed E-state index contributed by atoms with van der Waals surface area (Å²) in [6.07, 6.45) is -0.0634. The molecule has 0 bridgehead atoms. The summed E-state index contributed by atoms with van der Waals surface area (Å²) in [5.41, 5.74) is -0.591. The molecule has 0 radical (unpaired) electrons. The molecule has 2 saturated heterocycles. The normalized spacial score (nSPS) is 29.9. The fourth-order valence-electron chi connectivity index (χ4n) is 2.19. The van der Waals surface area contributed by atoms with Crippen molar-refractivity contribution in [2.24, 2.45) is 0 Å². The van der Waals surface area contributed by atoms with Crippen LogP contribution in [0.15, 0.2) is 0 Å². The first kappa shape index (κ1) is 14.0. The predicted molar refractivity (Wildman–Crippen MR) is 70.3 cm³/mol. The van der Waals surface area contributed by atoms with Gasteiger partial charge in [0, 0.05) is 12.2 Å². The van der Waals surface area contributed by atoms with Crippen LogP contribution in [0.5, 0.6) is 0 Å². The first-order valence-corrected chi connectivity index (χ1v) is 7.19. The van der Waals surface area contributed by atoms with E-state index < -0.39 is 17.7 Å². The number of fused-ring (bicyclic) bond motifs is 1. The molecule has 0 unspecified atom stereocenters. The second kappa shape index (κ2) is 4.93. The number of hydrogen-bond donors (Lipinski definition) is 1. The third kappa shape index (κ3) is 2.95. The lowest BCUT2D eigenvalue weighted by atomic mass is 10.2. The van der Waals surface area contributed by atoms with Gasteiger partial charge in [0.1, 0.15) is 17.7 Å². The molecule has 2 rings (SSSR count). The van der Waals surface area contributed by atoms with Gasteiger partial charge in [-0.15, -0.1) is 11.8 Å². The number of alkyl carbamates (subject to hydrolysis) is 1. The molecule has 104 valence electrons. The summed E-state index contributed by atoms with van der Waals surface area (Å²) in [6.45, 7) is 5.30. The van der Waals surface area contributed by atoms with Crippen molar-refractivity contribution in [2.75, 3.05) is 5.75 Å². The number of amides is 2. The van der Waals surface area contributed by atoms with Crippen LogP contribution in [0.3, 0.4) is 0 Å². The predicted octanol–water partition coefficient (Wildman–Crippen LogP) is 1.08. The first-order valence-electron chi connectivity index (χ1n) is 6.15. The van der Waals surface area contributed by atoms with Crippen LogP contribution in [0, 0.1) is 11.3 Å². The molecule has 2 fully saturated rings. The Hall–Kier alpha value is -1.42. The van der Waals surface area contributed by atoms with E-state index in [9.17, 15) is 9.59 Å². The Balaban J connectivity index is 1.96. The van der Waals surface area contributed by atoms with Gasteiger partial charge in [-0.25, -0.2) is 4.79 Å². The van der Waals surface area contributed by atoms with Crippen molar-refractivity contribution < 1.29 is 14.3 Å². The molecule has 2 heterocycles. The highest BCUT2D eigenvalue weighted by molar-refractivity contribution is 8.00. The summed E-state index contributed by atoms with van der Waals surface area (Å²) in [5, 5.41) is 11.6. The summed E-state index contributed by atoms with van der Waals surface area (Å²) in [6, 6.07) is 1.16. The maximum atomic E-state index is 12.1. The lowest BCUT2D eigenvalue weighted by molar-refractivity contribution is -0.130. The first-order chi connectivity index (χ1) is 8.81. The van der Waals surface area contributed by atoms with Gasteiger partial charge in [-0.1, -0.05) is 0 Å². The van der Waals surface area contributed by atoms with E-state index in [2.05, 4.69) is 11.4 Å². The Bertz CT molecular complexity index is 440. The fraction of sp³-hybridized carbons (Fsp3) is 0.750. The minimum atomic E-state index is -0.592. The Labute approximate surface area is 116 Å². The number of hydrogen-bond acceptors (Lipinski definition) is 5. The van der Waals surface area contributed by atoms with E-state index in [4.69, 9.17) is 10.00 Å². The van der Waals surface area contributed by atoms with Crippen LogP contribution in [0.25, 0.3) is 0 Å². The topological polar surface area (TPSA) is 82.4 Å². The Morgan fingerprint density at radius 1 is 1.58 bits per heavy atom. The number of nitriles is 1. The van der Waals surface area contributed by atoms with Gasteiger partial charge in [0.15, 0.2) is 0 Å². The fourth-order valence-corrected chi connectivity index (χ4v) is 3.57. The summed E-state index contributed by atoms with van der Waals surface area (Å²) in [4.78, 5) is 25.4. The summed E-state index contributed by atoms with van der Waals surface area (Å²) in [5.74, 6) is 0.457. The van der Waals surface area contributed by atoms with E-state index in [0.717, 1.165) is 0 Å². The highest BCUT2D eigenvalue weighted by atomic mass is 32.2. The molecular weight excluding hydrogens is 266 g/mol. The van der Waals surface area contributed by atoms with E-state index in [1.165, 1.54) is 0 Å². The molecule has 1 N–H and O–H groups in total. The van der Waals surface area contributed by atoms with Crippen LogP contribution in [-0.4, -0.2) is 45.7 Å². The molecule has 0 saturated carbocycles. The van der Waals surface area contributed by atoms with E-state index in [1.54, 1.807) is 37.4 Å². The zero-order chi connectivity index (χ0) is 14.2. The smallest absolute Gasteiger partial charge is 0.408 e. The maximum absolute atomic E-state index is 12.1. The number of carbonyl (C=O) groups is 2. The van der Waals surface area contributed by atoms with Gasteiger partial charge in [-0.2, -0.15) is 5.26 Å². The number of carbonyl (C=O) groups excluding carboxylic acids is 2. The van der Waals surface area contributed by atoms with E-state index in [1.807, 2.05) is 0 Å². The SMILES string of the molecule is CC(C)(C)OC(=O)N[C@@H]1C[C@H]2SC[C@@H](C#N)N2C1=O. The van der Waals surface area contributed by atoms with Gasteiger partial charge in [0.25, 0.3) is 0 Å². The number of ether oxygens (including phenoxy) is 1. The third-order valence-electron chi connectivity index (χ3n) is 2.92. The quantitative estimate of drug-likeness (QED) is 0.778. The maximum Gasteiger partial charge on any atom is 0.408 e. The van der Waals surface area contributed by atoms with Crippen molar-refractivity contribution in [3.63, 3.8) is 0 Å². The summed E-state index contributed by atoms with van der Waals surface area (Å²) in [7, 11) is 0. The van der Waals surface area contributed by atoms with Gasteiger partial charge in [-0.05, 0) is 20.8 Å². The molecule has 3 atom stereocenters. The van der Waals surface area contributed by atoms with E-state index in [-0.39, 0.29) is 17.3 Å². The summed E-state index contributed by atoms with van der Waals surface area (Å²) < 4.78 is 5.13. The standard InChI is InChI=1S/C12H17N3O3S/c1-12(2,3)18-11(17)14-8-4-9-15(10(8)16)7(5-13)6-19-9/h7-9H,4,6H2,1-3H3,(H,14,17)/t7-,8-,9-/m1/s1. The van der Waals surface area contributed by atoms with Crippen LogP contribution in [-0.2, 0) is 9.53 Å². The zero-order valence-electron chi connectivity index (χ0n) is 11.2. The highest BCUT2D eigenvalue weighted by Crippen LogP contribution is 2.37. The van der Waals surface area contributed by atoms with Crippen molar-refractivity contribution in [1.82, 2.24) is 10.2 Å². The monoisotopic (exact) mass is 283 g/mol. The molecule has 7 heteroatoms. The second-order valence-electron chi connectivity index (χ2n) is 5.61. The largest absolute Gasteiger partial charge is 0.444 e. The number of nitrogens with zero attached hydrogens (tertiary/aromatic N) is 2. The molecular formula is C12H17N3O3S. The number of rotatable bonds is 1. The number of thioether (sulfide) groups is 1. The molecule has 0 aromatic carbocycles. The molecule has 6 nitrogen and oxygen atoms in total. The van der Waals surface area contributed by atoms with Gasteiger partial charge >= 0.3 is 6.09 Å².